The fraction of sp³-hybridized carbons (Fsp3) is 0.438. The van der Waals surface area contributed by atoms with Crippen LogP contribution in [0, 0.1) is 0 Å². The summed E-state index contributed by atoms with van der Waals surface area (Å²) < 4.78 is 5.23. The first-order valence-electron chi connectivity index (χ1n) is 7.62. The normalized spacial score (nSPS) is 13.3. The van der Waals surface area contributed by atoms with Gasteiger partial charge in [-0.2, -0.15) is 4.98 Å². The summed E-state index contributed by atoms with van der Waals surface area (Å²) in [5.74, 6) is 0.940. The monoisotopic (exact) mass is 318 g/mol. The van der Waals surface area contributed by atoms with Gasteiger partial charge in [0.25, 0.3) is 0 Å². The van der Waals surface area contributed by atoms with Crippen LogP contribution in [0.5, 0.6) is 0 Å². The number of rotatable bonds is 7. The average Bonchev–Trinajstić information content (AvgIpc) is 2.97. The summed E-state index contributed by atoms with van der Waals surface area (Å²) in [4.78, 5) is 16.1. The largest absolute Gasteiger partial charge is 0.396 e. The van der Waals surface area contributed by atoms with Gasteiger partial charge in [-0.15, -0.1) is 0 Å². The lowest BCUT2D eigenvalue weighted by molar-refractivity contribution is 0.227. The average molecular weight is 318 g/mol. The molecule has 124 valence electrons. The number of carbonyl (C=O) groups excluding carboxylic acids is 1. The van der Waals surface area contributed by atoms with Crippen molar-refractivity contribution in [2.45, 2.75) is 38.8 Å². The van der Waals surface area contributed by atoms with E-state index in [-0.39, 0.29) is 24.7 Å². The van der Waals surface area contributed by atoms with Crippen LogP contribution in [0.2, 0.25) is 0 Å². The molecule has 1 unspecified atom stereocenters. The van der Waals surface area contributed by atoms with Crippen molar-refractivity contribution in [3.05, 3.63) is 47.6 Å². The highest BCUT2D eigenvalue weighted by molar-refractivity contribution is 5.74. The minimum Gasteiger partial charge on any atom is -0.396 e. The summed E-state index contributed by atoms with van der Waals surface area (Å²) in [5, 5.41) is 18.2. The van der Waals surface area contributed by atoms with Crippen LogP contribution < -0.4 is 10.6 Å². The van der Waals surface area contributed by atoms with Crippen molar-refractivity contribution in [1.82, 2.24) is 20.8 Å². The summed E-state index contributed by atoms with van der Waals surface area (Å²) in [5.41, 5.74) is 1.08. The molecule has 7 heteroatoms. The smallest absolute Gasteiger partial charge is 0.315 e. The quantitative estimate of drug-likeness (QED) is 0.722. The van der Waals surface area contributed by atoms with Gasteiger partial charge in [-0.3, -0.25) is 0 Å². The van der Waals surface area contributed by atoms with E-state index < -0.39 is 0 Å². The highest BCUT2D eigenvalue weighted by Gasteiger charge is 2.17. The molecule has 2 amide bonds. The van der Waals surface area contributed by atoms with Crippen molar-refractivity contribution in [3.8, 4) is 0 Å². The topological polar surface area (TPSA) is 100 Å². The molecule has 2 atom stereocenters. The van der Waals surface area contributed by atoms with E-state index in [2.05, 4.69) is 20.8 Å². The maximum Gasteiger partial charge on any atom is 0.315 e. The van der Waals surface area contributed by atoms with Gasteiger partial charge in [0, 0.05) is 12.6 Å². The lowest BCUT2D eigenvalue weighted by Gasteiger charge is -2.15. The van der Waals surface area contributed by atoms with Crippen molar-refractivity contribution in [2.24, 2.45) is 0 Å². The summed E-state index contributed by atoms with van der Waals surface area (Å²) in [7, 11) is 0. The number of hydrogen-bond donors (Lipinski definition) is 3. The molecule has 0 radical (unpaired) electrons. The molecule has 0 aliphatic rings. The fourth-order valence-electron chi connectivity index (χ4n) is 2.08. The van der Waals surface area contributed by atoms with Gasteiger partial charge in [0.2, 0.25) is 5.89 Å². The lowest BCUT2D eigenvalue weighted by Crippen LogP contribution is -2.42. The predicted molar refractivity (Wildman–Crippen MR) is 84.8 cm³/mol. The van der Waals surface area contributed by atoms with Crippen LogP contribution in [0.3, 0.4) is 0 Å². The third kappa shape index (κ3) is 5.37. The second-order valence-electron chi connectivity index (χ2n) is 5.46. The second-order valence-corrected chi connectivity index (χ2v) is 5.46. The van der Waals surface area contributed by atoms with E-state index in [1.54, 1.807) is 6.92 Å². The number of benzene rings is 1. The number of aromatic nitrogens is 2. The zero-order valence-electron chi connectivity index (χ0n) is 13.3. The Kier molecular flexibility index (Phi) is 6.10. The highest BCUT2D eigenvalue weighted by atomic mass is 16.5. The first-order valence-corrected chi connectivity index (χ1v) is 7.62. The van der Waals surface area contributed by atoms with Crippen LogP contribution in [0.1, 0.15) is 43.6 Å². The first kappa shape index (κ1) is 17.0. The van der Waals surface area contributed by atoms with Gasteiger partial charge in [0.05, 0.1) is 12.5 Å². The number of nitrogens with one attached hydrogen (secondary N) is 2. The third-order valence-electron chi connectivity index (χ3n) is 3.36. The Balaban J connectivity index is 1.88. The highest BCUT2D eigenvalue weighted by Crippen LogP contribution is 2.11. The van der Waals surface area contributed by atoms with Crippen molar-refractivity contribution in [2.75, 3.05) is 6.61 Å². The van der Waals surface area contributed by atoms with Crippen LogP contribution in [0.25, 0.3) is 0 Å². The molecule has 0 aliphatic heterocycles. The number of hydrogen-bond acceptors (Lipinski definition) is 5. The molecule has 0 fully saturated rings. The Bertz CT molecular complexity index is 615. The maximum absolute atomic E-state index is 11.8. The molecule has 2 rings (SSSR count). The Hall–Kier alpha value is -2.41. The van der Waals surface area contributed by atoms with E-state index in [0.717, 1.165) is 5.56 Å². The van der Waals surface area contributed by atoms with Gasteiger partial charge >= 0.3 is 6.03 Å². The van der Waals surface area contributed by atoms with E-state index in [9.17, 15) is 4.79 Å². The minimum absolute atomic E-state index is 0.0324. The molecule has 0 aliphatic carbocycles. The third-order valence-corrected chi connectivity index (χ3v) is 3.36. The van der Waals surface area contributed by atoms with E-state index in [1.807, 2.05) is 37.3 Å². The van der Waals surface area contributed by atoms with Crippen molar-refractivity contribution in [3.63, 3.8) is 0 Å². The minimum atomic E-state index is -0.371. The van der Waals surface area contributed by atoms with Crippen LogP contribution in [-0.4, -0.2) is 33.9 Å². The molecule has 0 saturated heterocycles. The zero-order valence-corrected chi connectivity index (χ0v) is 13.3. The molecular formula is C16H22N4O3. The molecule has 23 heavy (non-hydrogen) atoms. The zero-order chi connectivity index (χ0) is 16.7. The molecule has 3 N–H and O–H groups in total. The van der Waals surface area contributed by atoms with E-state index in [1.165, 1.54) is 0 Å². The van der Waals surface area contributed by atoms with Gasteiger partial charge in [-0.05, 0) is 25.8 Å². The number of nitrogens with zero attached hydrogens (tertiary/aromatic N) is 2. The molecule has 0 spiro atoms. The van der Waals surface area contributed by atoms with Gasteiger partial charge in [0.15, 0.2) is 5.82 Å². The molecule has 1 aromatic heterocycles. The number of aliphatic hydroxyl groups is 1. The molecule has 2 aromatic rings. The number of urea groups is 1. The number of carbonyl (C=O) groups is 1. The Labute approximate surface area is 135 Å². The summed E-state index contributed by atoms with van der Waals surface area (Å²) >= 11 is 0. The Morgan fingerprint density at radius 1 is 1.26 bits per heavy atom. The van der Waals surface area contributed by atoms with Gasteiger partial charge in [-0.25, -0.2) is 4.79 Å². The van der Waals surface area contributed by atoms with Crippen molar-refractivity contribution in [1.29, 1.82) is 0 Å². The lowest BCUT2D eigenvalue weighted by atomic mass is 10.1. The van der Waals surface area contributed by atoms with Crippen LogP contribution >= 0.6 is 0 Å². The molecule has 7 nitrogen and oxygen atoms in total. The Morgan fingerprint density at radius 3 is 2.70 bits per heavy atom. The van der Waals surface area contributed by atoms with Gasteiger partial charge in [-0.1, -0.05) is 35.5 Å². The van der Waals surface area contributed by atoms with Crippen molar-refractivity contribution >= 4 is 6.03 Å². The molecule has 1 heterocycles. The maximum atomic E-state index is 11.8. The predicted octanol–water partition coefficient (Wildman–Crippen LogP) is 1.79. The fourth-order valence-corrected chi connectivity index (χ4v) is 2.08. The van der Waals surface area contributed by atoms with Crippen LogP contribution in [0.4, 0.5) is 4.79 Å². The standard InChI is InChI=1S/C16H22N4O3/c1-11(8-9-21)17-16(22)18-12(2)15-19-14(23-20-15)10-13-6-4-3-5-7-13/h3-7,11-12,21H,8-10H2,1-2H3,(H2,17,18,22)/t11-,12?/m1/s1. The van der Waals surface area contributed by atoms with Crippen LogP contribution in [0.15, 0.2) is 34.9 Å². The summed E-state index contributed by atoms with van der Waals surface area (Å²) in [6.07, 6.45) is 1.06. The van der Waals surface area contributed by atoms with E-state index in [4.69, 9.17) is 9.63 Å². The molecule has 0 saturated carbocycles. The molecule has 0 bridgehead atoms. The van der Waals surface area contributed by atoms with E-state index >= 15 is 0 Å². The molecular weight excluding hydrogens is 296 g/mol. The first-order chi connectivity index (χ1) is 11.1. The number of aliphatic hydroxyl groups excluding tert-OH is 1. The second kappa shape index (κ2) is 8.28. The SMILES string of the molecule is CC(NC(=O)N[C@H](C)CCO)c1noc(Cc2ccccc2)n1. The molecule has 1 aromatic carbocycles. The van der Waals surface area contributed by atoms with Gasteiger partial charge in [0.1, 0.15) is 0 Å². The Morgan fingerprint density at radius 2 is 2.00 bits per heavy atom. The van der Waals surface area contributed by atoms with Crippen LogP contribution in [-0.2, 0) is 6.42 Å². The van der Waals surface area contributed by atoms with E-state index in [0.29, 0.717) is 24.6 Å². The van der Waals surface area contributed by atoms with Gasteiger partial charge < -0.3 is 20.3 Å². The number of amides is 2. The summed E-state index contributed by atoms with van der Waals surface area (Å²) in [6.45, 7) is 3.64. The van der Waals surface area contributed by atoms with Crippen molar-refractivity contribution < 1.29 is 14.4 Å². The summed E-state index contributed by atoms with van der Waals surface area (Å²) in [6, 6.07) is 9.03.